The Morgan fingerprint density at radius 2 is 1.71 bits per heavy atom. The molecule has 3 aromatic rings. The van der Waals surface area contributed by atoms with E-state index in [1.807, 2.05) is 24.3 Å². The maximum Gasteiger partial charge on any atom is 0.242 e. The minimum absolute atomic E-state index is 0.0218. The van der Waals surface area contributed by atoms with Gasteiger partial charge in [0.2, 0.25) is 17.7 Å². The number of halogens is 2. The summed E-state index contributed by atoms with van der Waals surface area (Å²) in [6, 6.07) is 13.5. The fourth-order valence-electron chi connectivity index (χ4n) is 5.27. The van der Waals surface area contributed by atoms with Crippen molar-refractivity contribution in [2.45, 2.75) is 38.4 Å². The maximum absolute atomic E-state index is 13.9. The molecule has 1 saturated heterocycles. The molecule has 2 aliphatic heterocycles. The van der Waals surface area contributed by atoms with Gasteiger partial charge < -0.3 is 9.80 Å². The van der Waals surface area contributed by atoms with Crippen molar-refractivity contribution < 1.29 is 18.8 Å². The van der Waals surface area contributed by atoms with Gasteiger partial charge in [0.05, 0.1) is 22.4 Å². The third kappa shape index (κ3) is 5.99. The van der Waals surface area contributed by atoms with E-state index in [4.69, 9.17) is 16.7 Å². The van der Waals surface area contributed by atoms with Gasteiger partial charge in [-0.3, -0.25) is 19.3 Å². The first-order chi connectivity index (χ1) is 19.4. The van der Waals surface area contributed by atoms with E-state index in [-0.39, 0.29) is 41.1 Å². The van der Waals surface area contributed by atoms with Crippen LogP contribution in [0.3, 0.4) is 0 Å². The van der Waals surface area contributed by atoms with E-state index >= 15 is 0 Å². The van der Waals surface area contributed by atoms with Crippen LogP contribution in [0.4, 0.5) is 10.2 Å². The van der Waals surface area contributed by atoms with Gasteiger partial charge in [0, 0.05) is 49.1 Å². The summed E-state index contributed by atoms with van der Waals surface area (Å²) in [4.78, 5) is 44.2. The highest BCUT2D eigenvalue weighted by atomic mass is 35.5. The lowest BCUT2D eigenvalue weighted by Gasteiger charge is -2.35. The number of amides is 3. The molecule has 5 rings (SSSR count). The van der Waals surface area contributed by atoms with Crippen LogP contribution in [-0.2, 0) is 19.8 Å². The Morgan fingerprint density at radius 1 is 1.05 bits per heavy atom. The number of fused-ring (bicyclic) bond motifs is 1. The Balaban J connectivity index is 1.65. The van der Waals surface area contributed by atoms with Crippen molar-refractivity contribution >= 4 is 46.9 Å². The van der Waals surface area contributed by atoms with Crippen molar-refractivity contribution in [3.05, 3.63) is 76.2 Å². The number of anilines is 1. The van der Waals surface area contributed by atoms with Gasteiger partial charge in [-0.25, -0.2) is 9.07 Å². The molecule has 2 aliphatic rings. The molecule has 11 heteroatoms. The minimum atomic E-state index is -0.418. The summed E-state index contributed by atoms with van der Waals surface area (Å²) >= 11 is 7.88. The Bertz CT molecular complexity index is 1480. The fourth-order valence-corrected chi connectivity index (χ4v) is 6.66. The van der Waals surface area contributed by atoms with Crippen LogP contribution in [-0.4, -0.2) is 75.8 Å². The summed E-state index contributed by atoms with van der Waals surface area (Å²) < 4.78 is 15.6. The Labute approximate surface area is 248 Å². The second-order valence-electron chi connectivity index (χ2n) is 11.3. The standard InChI is InChI=1S/C30H33ClFN5O3S/c1-19(38)34-12-14-35(15-13-34)24(39)17-36-25(40)18-41-27(20-6-5-7-21(31)16-20)26-28(30(2,3)4)33-37(29(26)36)23-10-8-22(32)9-11-23/h5-11,16,27H,12-15,17-18H2,1-4H3/t27-/m1/s1. The van der Waals surface area contributed by atoms with Gasteiger partial charge in [-0.2, -0.15) is 5.10 Å². The van der Waals surface area contributed by atoms with Crippen molar-refractivity contribution in [2.75, 3.05) is 43.4 Å². The molecule has 2 aromatic carbocycles. The first kappa shape index (κ1) is 29.1. The molecular formula is C30H33ClFN5O3S. The first-order valence-electron chi connectivity index (χ1n) is 13.5. The summed E-state index contributed by atoms with van der Waals surface area (Å²) in [6.45, 7) is 9.22. The summed E-state index contributed by atoms with van der Waals surface area (Å²) in [7, 11) is 0. The summed E-state index contributed by atoms with van der Waals surface area (Å²) in [5.41, 5.74) is 2.69. The predicted octanol–water partition coefficient (Wildman–Crippen LogP) is 4.82. The third-order valence-electron chi connectivity index (χ3n) is 7.39. The highest BCUT2D eigenvalue weighted by Crippen LogP contribution is 2.48. The SMILES string of the molecule is CC(=O)N1CCN(C(=O)CN2C(=O)CS[C@H](c3cccc(Cl)c3)c3c(C(C)(C)C)nn(-c4ccc(F)cc4)c32)CC1. The van der Waals surface area contributed by atoms with Crippen molar-refractivity contribution in [2.24, 2.45) is 0 Å². The topological polar surface area (TPSA) is 78.8 Å². The van der Waals surface area contributed by atoms with E-state index in [1.54, 1.807) is 26.6 Å². The van der Waals surface area contributed by atoms with E-state index in [2.05, 4.69) is 20.8 Å². The predicted molar refractivity (Wildman–Crippen MR) is 159 cm³/mol. The molecule has 0 bridgehead atoms. The van der Waals surface area contributed by atoms with Gasteiger partial charge in [0.25, 0.3) is 0 Å². The summed E-state index contributed by atoms with van der Waals surface area (Å²) in [6.07, 6.45) is 0. The zero-order valence-electron chi connectivity index (χ0n) is 23.6. The van der Waals surface area contributed by atoms with Crippen LogP contribution in [0, 0.1) is 5.82 Å². The second kappa shape index (κ2) is 11.5. The van der Waals surface area contributed by atoms with Crippen LogP contribution in [0.5, 0.6) is 0 Å². The zero-order chi connectivity index (χ0) is 29.5. The van der Waals surface area contributed by atoms with Crippen LogP contribution in [0.2, 0.25) is 5.02 Å². The van der Waals surface area contributed by atoms with Gasteiger partial charge in [-0.15, -0.1) is 11.8 Å². The summed E-state index contributed by atoms with van der Waals surface area (Å²) in [5.74, 6) is -0.195. The molecule has 1 aromatic heterocycles. The fraction of sp³-hybridized carbons (Fsp3) is 0.400. The highest BCUT2D eigenvalue weighted by Gasteiger charge is 2.40. The van der Waals surface area contributed by atoms with Crippen LogP contribution in [0.25, 0.3) is 5.69 Å². The molecule has 0 unspecified atom stereocenters. The van der Waals surface area contributed by atoms with Gasteiger partial charge in [-0.05, 0) is 42.0 Å². The smallest absolute Gasteiger partial charge is 0.242 e. The molecule has 8 nitrogen and oxygen atoms in total. The molecule has 1 fully saturated rings. The molecule has 3 amide bonds. The van der Waals surface area contributed by atoms with Crippen LogP contribution < -0.4 is 4.90 Å². The van der Waals surface area contributed by atoms with Crippen molar-refractivity contribution in [3.8, 4) is 5.69 Å². The van der Waals surface area contributed by atoms with Crippen molar-refractivity contribution in [1.29, 1.82) is 0 Å². The highest BCUT2D eigenvalue weighted by molar-refractivity contribution is 8.00. The quantitative estimate of drug-likeness (QED) is 0.431. The lowest BCUT2D eigenvalue weighted by atomic mass is 9.87. The number of carbonyl (C=O) groups excluding carboxylic acids is 3. The molecule has 0 N–H and O–H groups in total. The van der Waals surface area contributed by atoms with Crippen LogP contribution in [0.1, 0.15) is 49.8 Å². The van der Waals surface area contributed by atoms with Crippen molar-refractivity contribution in [1.82, 2.24) is 19.6 Å². The molecule has 0 radical (unpaired) electrons. The lowest BCUT2D eigenvalue weighted by molar-refractivity contribution is -0.137. The zero-order valence-corrected chi connectivity index (χ0v) is 25.1. The van der Waals surface area contributed by atoms with E-state index < -0.39 is 5.41 Å². The molecule has 3 heterocycles. The Hall–Kier alpha value is -3.37. The van der Waals surface area contributed by atoms with Gasteiger partial charge in [0.1, 0.15) is 18.2 Å². The van der Waals surface area contributed by atoms with Crippen LogP contribution in [0.15, 0.2) is 48.5 Å². The van der Waals surface area contributed by atoms with Crippen molar-refractivity contribution in [3.63, 3.8) is 0 Å². The second-order valence-corrected chi connectivity index (χ2v) is 12.9. The molecular weight excluding hydrogens is 565 g/mol. The minimum Gasteiger partial charge on any atom is -0.339 e. The molecule has 41 heavy (non-hydrogen) atoms. The van der Waals surface area contributed by atoms with Gasteiger partial charge in [-0.1, -0.05) is 44.5 Å². The van der Waals surface area contributed by atoms with E-state index in [0.717, 1.165) is 16.8 Å². The number of hydrogen-bond acceptors (Lipinski definition) is 5. The average molecular weight is 598 g/mol. The number of piperazine rings is 1. The van der Waals surface area contributed by atoms with Gasteiger partial charge in [0.15, 0.2) is 0 Å². The van der Waals surface area contributed by atoms with Gasteiger partial charge >= 0.3 is 0 Å². The number of aromatic nitrogens is 2. The number of thioether (sulfide) groups is 1. The number of carbonyl (C=O) groups is 3. The van der Waals surface area contributed by atoms with E-state index in [1.165, 1.54) is 35.7 Å². The Kier molecular flexibility index (Phi) is 8.16. The molecule has 0 aliphatic carbocycles. The normalized spacial score (nSPS) is 17.9. The monoisotopic (exact) mass is 597 g/mol. The average Bonchev–Trinajstić information content (AvgIpc) is 3.26. The molecule has 216 valence electrons. The molecule has 0 saturated carbocycles. The molecule has 1 atom stereocenters. The number of nitrogens with zero attached hydrogens (tertiary/aromatic N) is 5. The first-order valence-corrected chi connectivity index (χ1v) is 15.0. The lowest BCUT2D eigenvalue weighted by Crippen LogP contribution is -2.53. The van der Waals surface area contributed by atoms with Crippen LogP contribution >= 0.6 is 23.4 Å². The number of rotatable bonds is 4. The summed E-state index contributed by atoms with van der Waals surface area (Å²) in [5, 5.41) is 5.32. The largest absolute Gasteiger partial charge is 0.339 e. The number of benzene rings is 2. The third-order valence-corrected chi connectivity index (χ3v) is 8.88. The maximum atomic E-state index is 13.9. The Morgan fingerprint density at radius 3 is 2.32 bits per heavy atom. The molecule has 0 spiro atoms. The number of hydrogen-bond donors (Lipinski definition) is 0. The van der Waals surface area contributed by atoms with E-state index in [9.17, 15) is 18.8 Å². The van der Waals surface area contributed by atoms with E-state index in [0.29, 0.717) is 42.7 Å².